The first kappa shape index (κ1) is 23.4. The van der Waals surface area contributed by atoms with Gasteiger partial charge in [0, 0.05) is 0 Å². The van der Waals surface area contributed by atoms with Crippen LogP contribution in [0.25, 0.3) is 0 Å². The van der Waals surface area contributed by atoms with E-state index in [1.54, 1.807) is 0 Å². The van der Waals surface area contributed by atoms with Crippen LogP contribution in [0.5, 0.6) is 0 Å². The van der Waals surface area contributed by atoms with Gasteiger partial charge in [-0.05, 0) is 0 Å². The van der Waals surface area contributed by atoms with Gasteiger partial charge in [0.15, 0.2) is 0 Å². The summed E-state index contributed by atoms with van der Waals surface area (Å²) in [5.74, 6) is 0. The zero-order valence-electron chi connectivity index (χ0n) is 5.58. The molecule has 0 aliphatic rings. The van der Waals surface area contributed by atoms with Crippen LogP contribution >= 0.6 is 34.8 Å². The van der Waals surface area contributed by atoms with E-state index in [0.29, 0.717) is 0 Å². The molecule has 0 saturated carbocycles. The molecule has 1 radical (unpaired) electrons. The predicted octanol–water partition coefficient (Wildman–Crippen LogP) is -1.29. The topological polar surface area (TPSA) is 120 Å². The molecule has 73 valence electrons. The maximum absolute atomic E-state index is 8.65. The molecular formula is C3Cl3NdO6. The summed E-state index contributed by atoms with van der Waals surface area (Å²) in [6.45, 7) is 0. The Balaban J connectivity index is -0.0000000450. The quantitative estimate of drug-likeness (QED) is 0.480. The number of carboxylic acid groups (broad SMARTS) is 3. The van der Waals surface area contributed by atoms with Gasteiger partial charge in [-0.1, -0.05) is 34.8 Å². The number of carbonyl (C=O) groups excluding carboxylic acids is 3. The Morgan fingerprint density at radius 3 is 0.692 bits per heavy atom. The molecule has 0 spiro atoms. The third-order valence-corrected chi connectivity index (χ3v) is 0. The Morgan fingerprint density at radius 1 is 0.692 bits per heavy atom. The molecule has 6 nitrogen and oxygen atoms in total. The maximum atomic E-state index is 8.65. The van der Waals surface area contributed by atoms with Crippen molar-refractivity contribution < 1.29 is 70.5 Å². The SMILES string of the molecule is O=C([O-])Cl.O=C([O-])Cl.O=C([O-])Cl.[Nd+3]. The third-order valence-electron chi connectivity index (χ3n) is 0. The van der Waals surface area contributed by atoms with Crippen LogP contribution in [-0.4, -0.2) is 16.3 Å². The van der Waals surface area contributed by atoms with Gasteiger partial charge in [0.25, 0.3) is 0 Å². The molecule has 0 bridgehead atoms. The van der Waals surface area contributed by atoms with Crippen LogP contribution in [0.3, 0.4) is 0 Å². The fourth-order valence-electron chi connectivity index (χ4n) is 0. The number of carbonyl (C=O) groups is 3. The minimum absolute atomic E-state index is 0. The van der Waals surface area contributed by atoms with E-state index >= 15 is 0 Å². The monoisotopic (exact) mass is 379 g/mol. The Labute approximate surface area is 120 Å². The second-order valence-corrected chi connectivity index (χ2v) is 1.64. The first-order chi connectivity index (χ1) is 5.20. The Hall–Kier alpha value is 0.631. The molecule has 10 heteroatoms. The van der Waals surface area contributed by atoms with Crippen molar-refractivity contribution >= 4 is 51.1 Å². The van der Waals surface area contributed by atoms with E-state index in [1.165, 1.54) is 0 Å². The normalized spacial score (nSPS) is 5.77. The van der Waals surface area contributed by atoms with Crippen molar-refractivity contribution in [1.82, 2.24) is 0 Å². The van der Waals surface area contributed by atoms with Crippen LogP contribution in [0.15, 0.2) is 0 Å². The van der Waals surface area contributed by atoms with Crippen molar-refractivity contribution in [2.75, 3.05) is 0 Å². The van der Waals surface area contributed by atoms with Crippen molar-refractivity contribution in [2.45, 2.75) is 0 Å². The van der Waals surface area contributed by atoms with Gasteiger partial charge >= 0.3 is 40.8 Å². The van der Waals surface area contributed by atoms with Gasteiger partial charge in [-0.2, -0.15) is 0 Å². The molecule has 0 aromatic carbocycles. The first-order valence-electron chi connectivity index (χ1n) is 1.79. The molecular weight excluding hydrogens is 383 g/mol. The van der Waals surface area contributed by atoms with Gasteiger partial charge in [-0.25, -0.2) is 0 Å². The molecule has 0 saturated heterocycles. The summed E-state index contributed by atoms with van der Waals surface area (Å²) in [5, 5.41) is 26.0. The van der Waals surface area contributed by atoms with E-state index in [0.717, 1.165) is 0 Å². The van der Waals surface area contributed by atoms with E-state index in [2.05, 4.69) is 34.8 Å². The molecule has 0 fully saturated rings. The van der Waals surface area contributed by atoms with E-state index in [9.17, 15) is 0 Å². The van der Waals surface area contributed by atoms with Gasteiger partial charge in [-0.3, -0.25) is 0 Å². The van der Waals surface area contributed by atoms with Gasteiger partial charge in [0.05, 0.1) is 0 Å². The maximum Gasteiger partial charge on any atom is 3.00 e. The van der Waals surface area contributed by atoms with Crippen LogP contribution < -0.4 is 15.3 Å². The Morgan fingerprint density at radius 2 is 0.692 bits per heavy atom. The molecule has 0 heterocycles. The number of halogens is 3. The van der Waals surface area contributed by atoms with Crippen LogP contribution in [0.2, 0.25) is 0 Å². The van der Waals surface area contributed by atoms with E-state index in [-0.39, 0.29) is 40.8 Å². The van der Waals surface area contributed by atoms with Crippen molar-refractivity contribution in [3.63, 3.8) is 0 Å². The largest absolute Gasteiger partial charge is 3.00 e. The van der Waals surface area contributed by atoms with Gasteiger partial charge < -0.3 is 29.7 Å². The summed E-state index contributed by atoms with van der Waals surface area (Å²) in [6.07, 6.45) is 0. The second kappa shape index (κ2) is 18.4. The van der Waals surface area contributed by atoms with Gasteiger partial charge in [0.1, 0.15) is 16.3 Å². The summed E-state index contributed by atoms with van der Waals surface area (Å²) in [5.41, 5.74) is -4.83. The number of rotatable bonds is 0. The predicted molar refractivity (Wildman–Crippen MR) is 33.7 cm³/mol. The summed E-state index contributed by atoms with van der Waals surface area (Å²) in [7, 11) is 0. The molecule has 13 heavy (non-hydrogen) atoms. The van der Waals surface area contributed by atoms with Crippen LogP contribution in [0.1, 0.15) is 0 Å². The van der Waals surface area contributed by atoms with Crippen molar-refractivity contribution in [3.8, 4) is 0 Å². The van der Waals surface area contributed by atoms with Crippen molar-refractivity contribution in [2.24, 2.45) is 0 Å². The average molecular weight is 383 g/mol. The second-order valence-electron chi connectivity index (χ2n) is 0.713. The smallest absolute Gasteiger partial charge is 0.534 e. The standard InChI is InChI=1S/3CHClO2.Nd/c3*2-1(3)4;/h3*(H,3,4);/q;;;+3/p-3. The van der Waals surface area contributed by atoms with Crippen LogP contribution in [0.4, 0.5) is 14.4 Å². The van der Waals surface area contributed by atoms with Gasteiger partial charge in [-0.15, -0.1) is 0 Å². The number of hydrogen-bond acceptors (Lipinski definition) is 6. The van der Waals surface area contributed by atoms with E-state index < -0.39 is 16.3 Å². The Kier molecular flexibility index (Phi) is 33.2. The fraction of sp³-hybridized carbons (Fsp3) is 0. The zero-order valence-corrected chi connectivity index (χ0v) is 11.1. The Bertz CT molecular complexity index is 121. The first-order valence-corrected chi connectivity index (χ1v) is 2.93. The van der Waals surface area contributed by atoms with Gasteiger partial charge in [0.2, 0.25) is 0 Å². The van der Waals surface area contributed by atoms with Crippen molar-refractivity contribution in [1.29, 1.82) is 0 Å². The van der Waals surface area contributed by atoms with Crippen LogP contribution in [-0.2, 0) is 0 Å². The fourth-order valence-corrected chi connectivity index (χ4v) is 0. The summed E-state index contributed by atoms with van der Waals surface area (Å²) in [6, 6.07) is 0. The molecule has 0 unspecified atom stereocenters. The van der Waals surface area contributed by atoms with Crippen LogP contribution in [0, 0.1) is 40.8 Å². The van der Waals surface area contributed by atoms with Crippen molar-refractivity contribution in [3.05, 3.63) is 0 Å². The zero-order chi connectivity index (χ0) is 10.7. The molecule has 0 rings (SSSR count). The molecule has 0 aliphatic heterocycles. The molecule has 0 N–H and O–H groups in total. The minimum Gasteiger partial charge on any atom is -0.534 e. The molecule has 0 aromatic rings. The number of hydrogen-bond donors (Lipinski definition) is 0. The third kappa shape index (κ3) is 3590. The summed E-state index contributed by atoms with van der Waals surface area (Å²) >= 11 is 12.2. The molecule has 0 aromatic heterocycles. The molecule has 0 amide bonds. The molecule has 0 aliphatic carbocycles. The summed E-state index contributed by atoms with van der Waals surface area (Å²) in [4.78, 5) is 26.0. The molecule has 0 atom stereocenters. The summed E-state index contributed by atoms with van der Waals surface area (Å²) < 4.78 is 0. The average Bonchev–Trinajstić information content (AvgIpc) is 1.54. The van der Waals surface area contributed by atoms with E-state index in [4.69, 9.17) is 29.7 Å². The minimum atomic E-state index is -1.61. The van der Waals surface area contributed by atoms with E-state index in [1.807, 2.05) is 0 Å².